The Morgan fingerprint density at radius 3 is 2.60 bits per heavy atom. The van der Waals surface area contributed by atoms with Gasteiger partial charge in [0.2, 0.25) is 0 Å². The lowest BCUT2D eigenvalue weighted by atomic mass is 10.2. The van der Waals surface area contributed by atoms with Crippen molar-refractivity contribution in [3.63, 3.8) is 0 Å². The van der Waals surface area contributed by atoms with Crippen molar-refractivity contribution in [2.75, 3.05) is 5.73 Å². The van der Waals surface area contributed by atoms with Crippen LogP contribution < -0.4 is 5.73 Å². The average molecular weight is 217 g/mol. The van der Waals surface area contributed by atoms with Crippen LogP contribution in [0.25, 0.3) is 0 Å². The fourth-order valence-electron chi connectivity index (χ4n) is 0.990. The molecule has 0 saturated heterocycles. The van der Waals surface area contributed by atoms with Gasteiger partial charge < -0.3 is 5.73 Å². The molecule has 2 N–H and O–H groups in total. The normalized spacial score (nSPS) is 10.3. The molecule has 0 aliphatic rings. The van der Waals surface area contributed by atoms with Gasteiger partial charge in [0, 0.05) is 6.20 Å². The predicted molar refractivity (Wildman–Crippen MR) is 45.6 cm³/mol. The van der Waals surface area contributed by atoms with E-state index >= 15 is 0 Å². The van der Waals surface area contributed by atoms with Crippen LogP contribution in [0.15, 0.2) is 6.20 Å². The van der Waals surface area contributed by atoms with Crippen LogP contribution >= 0.6 is 0 Å². The molecule has 0 radical (unpaired) electrons. The largest absolute Gasteiger partial charge is 0.392 e. The molecule has 1 heterocycles. The predicted octanol–water partition coefficient (Wildman–Crippen LogP) is 1.32. The van der Waals surface area contributed by atoms with Crippen LogP contribution in [-0.2, 0) is 0 Å². The molecule has 1 rings (SSSR count). The van der Waals surface area contributed by atoms with E-state index in [0.717, 1.165) is 6.20 Å². The first-order chi connectivity index (χ1) is 6.99. The third-order valence-corrected chi connectivity index (χ3v) is 1.67. The number of aromatic nitrogens is 1. The van der Waals surface area contributed by atoms with Gasteiger partial charge in [0.05, 0.1) is 10.5 Å². The second-order valence-corrected chi connectivity index (χ2v) is 2.54. The Morgan fingerprint density at radius 1 is 1.60 bits per heavy atom. The molecular weight excluding hydrogens is 212 g/mol. The van der Waals surface area contributed by atoms with E-state index in [1.54, 1.807) is 0 Å². The van der Waals surface area contributed by atoms with E-state index in [9.17, 15) is 23.7 Å². The maximum absolute atomic E-state index is 12.3. The van der Waals surface area contributed by atoms with Gasteiger partial charge >= 0.3 is 5.69 Å². The fourth-order valence-corrected chi connectivity index (χ4v) is 0.990. The van der Waals surface area contributed by atoms with Crippen LogP contribution in [0.1, 0.15) is 22.5 Å². The Labute approximate surface area is 81.9 Å². The summed E-state index contributed by atoms with van der Waals surface area (Å²) in [7, 11) is 0. The van der Waals surface area contributed by atoms with Gasteiger partial charge in [-0.1, -0.05) is 0 Å². The van der Waals surface area contributed by atoms with Gasteiger partial charge in [0.25, 0.3) is 6.43 Å². The van der Waals surface area contributed by atoms with E-state index in [4.69, 9.17) is 5.73 Å². The van der Waals surface area contributed by atoms with E-state index < -0.39 is 28.4 Å². The maximum atomic E-state index is 12.3. The molecule has 0 amide bonds. The van der Waals surface area contributed by atoms with Crippen LogP contribution in [0.2, 0.25) is 0 Å². The fraction of sp³-hybridized carbons (Fsp3) is 0.143. The van der Waals surface area contributed by atoms with Crippen molar-refractivity contribution in [3.05, 3.63) is 27.6 Å². The number of nitrogen functional groups attached to an aromatic ring is 1. The van der Waals surface area contributed by atoms with Crippen molar-refractivity contribution < 1.29 is 18.5 Å². The zero-order valence-corrected chi connectivity index (χ0v) is 7.18. The number of nitrogens with two attached hydrogens (primary N) is 1. The Bertz CT molecular complexity index is 422. The number of aldehydes is 1. The zero-order valence-electron chi connectivity index (χ0n) is 7.18. The number of hydrogen-bond donors (Lipinski definition) is 1. The van der Waals surface area contributed by atoms with Crippen LogP contribution in [0.5, 0.6) is 0 Å². The highest BCUT2D eigenvalue weighted by Gasteiger charge is 2.28. The van der Waals surface area contributed by atoms with Gasteiger partial charge in [0.15, 0.2) is 12.0 Å². The lowest BCUT2D eigenvalue weighted by molar-refractivity contribution is -0.385. The summed E-state index contributed by atoms with van der Waals surface area (Å²) in [6.45, 7) is 0. The number of rotatable bonds is 3. The molecule has 0 unspecified atom stereocenters. The first kappa shape index (κ1) is 11.0. The Hall–Kier alpha value is -2.12. The van der Waals surface area contributed by atoms with E-state index in [1.807, 2.05) is 0 Å². The molecule has 0 aliphatic carbocycles. The van der Waals surface area contributed by atoms with Crippen molar-refractivity contribution >= 4 is 17.7 Å². The number of hydrogen-bond acceptors (Lipinski definition) is 5. The summed E-state index contributed by atoms with van der Waals surface area (Å²) in [4.78, 5) is 22.8. The molecule has 1 aromatic heterocycles. The molecule has 0 aliphatic heterocycles. The molecule has 1 aromatic rings. The van der Waals surface area contributed by atoms with E-state index in [2.05, 4.69) is 4.98 Å². The van der Waals surface area contributed by atoms with Gasteiger partial charge in [-0.3, -0.25) is 14.9 Å². The monoisotopic (exact) mass is 217 g/mol. The minimum Gasteiger partial charge on any atom is -0.392 e. The van der Waals surface area contributed by atoms with Crippen molar-refractivity contribution in [2.45, 2.75) is 6.43 Å². The lowest BCUT2D eigenvalue weighted by Crippen LogP contribution is -2.06. The number of nitrogens with zero attached hydrogens (tertiary/aromatic N) is 2. The Morgan fingerprint density at radius 2 is 2.20 bits per heavy atom. The summed E-state index contributed by atoms with van der Waals surface area (Å²) in [6.07, 6.45) is -2.13. The highest BCUT2D eigenvalue weighted by Crippen LogP contribution is 2.32. The molecule has 0 spiro atoms. The number of pyridine rings is 1. The Kier molecular flexibility index (Phi) is 2.88. The van der Waals surface area contributed by atoms with E-state index in [1.165, 1.54) is 0 Å². The number of nitro groups is 1. The summed E-state index contributed by atoms with van der Waals surface area (Å²) in [5, 5.41) is 10.5. The summed E-state index contributed by atoms with van der Waals surface area (Å²) in [6, 6.07) is 0. The lowest BCUT2D eigenvalue weighted by Gasteiger charge is -2.04. The van der Waals surface area contributed by atoms with Gasteiger partial charge in [-0.05, 0) is 0 Å². The standard InChI is InChI=1S/C7H5F2N3O3/c8-7(9)5-6(12(14)15)4(10)3(2-13)1-11-5/h1-2,7H,(H2,10,11). The molecule has 0 saturated carbocycles. The molecule has 0 fully saturated rings. The third-order valence-electron chi connectivity index (χ3n) is 1.67. The highest BCUT2D eigenvalue weighted by molar-refractivity contribution is 5.87. The minimum atomic E-state index is -3.12. The minimum absolute atomic E-state index is 0.213. The van der Waals surface area contributed by atoms with Crippen molar-refractivity contribution in [1.82, 2.24) is 4.98 Å². The number of anilines is 1. The topological polar surface area (TPSA) is 99.1 Å². The Balaban J connectivity index is 3.51. The molecule has 80 valence electrons. The van der Waals surface area contributed by atoms with Gasteiger partial charge in [-0.15, -0.1) is 0 Å². The first-order valence-corrected chi connectivity index (χ1v) is 3.65. The molecule has 0 atom stereocenters. The van der Waals surface area contributed by atoms with E-state index in [0.29, 0.717) is 0 Å². The van der Waals surface area contributed by atoms with Gasteiger partial charge in [0.1, 0.15) is 5.69 Å². The van der Waals surface area contributed by atoms with Gasteiger partial charge in [-0.25, -0.2) is 13.8 Å². The van der Waals surface area contributed by atoms with Crippen LogP contribution in [0.3, 0.4) is 0 Å². The second kappa shape index (κ2) is 3.95. The zero-order chi connectivity index (χ0) is 11.6. The molecule has 0 bridgehead atoms. The molecule has 0 aromatic carbocycles. The van der Waals surface area contributed by atoms with Crippen LogP contribution in [0, 0.1) is 10.1 Å². The van der Waals surface area contributed by atoms with Crippen molar-refractivity contribution in [3.8, 4) is 0 Å². The number of halogens is 2. The number of alkyl halides is 2. The van der Waals surface area contributed by atoms with Crippen molar-refractivity contribution in [2.24, 2.45) is 0 Å². The van der Waals surface area contributed by atoms with Crippen molar-refractivity contribution in [1.29, 1.82) is 0 Å². The smallest absolute Gasteiger partial charge is 0.320 e. The summed E-state index contributed by atoms with van der Waals surface area (Å²) < 4.78 is 24.6. The second-order valence-electron chi connectivity index (χ2n) is 2.54. The summed E-state index contributed by atoms with van der Waals surface area (Å²) >= 11 is 0. The number of carbonyl (C=O) groups excluding carboxylic acids is 1. The first-order valence-electron chi connectivity index (χ1n) is 3.65. The summed E-state index contributed by atoms with van der Waals surface area (Å²) in [5.74, 6) is 0. The number of carbonyl (C=O) groups is 1. The van der Waals surface area contributed by atoms with Crippen LogP contribution in [0.4, 0.5) is 20.2 Å². The quantitative estimate of drug-likeness (QED) is 0.467. The maximum Gasteiger partial charge on any atom is 0.320 e. The third kappa shape index (κ3) is 1.87. The molecule has 8 heteroatoms. The molecule has 15 heavy (non-hydrogen) atoms. The highest BCUT2D eigenvalue weighted by atomic mass is 19.3. The van der Waals surface area contributed by atoms with Crippen LogP contribution in [-0.4, -0.2) is 16.2 Å². The molecular formula is C7H5F2N3O3. The SMILES string of the molecule is Nc1c(C=O)cnc(C(F)F)c1[N+](=O)[O-]. The van der Waals surface area contributed by atoms with Gasteiger partial charge in [-0.2, -0.15) is 0 Å². The molecule has 6 nitrogen and oxygen atoms in total. The summed E-state index contributed by atoms with van der Waals surface area (Å²) in [5.41, 5.74) is 2.25. The average Bonchev–Trinajstić information content (AvgIpc) is 2.16. The van der Waals surface area contributed by atoms with E-state index in [-0.39, 0.29) is 11.8 Å².